The molecule has 0 aliphatic carbocycles. The van der Waals surface area contributed by atoms with Gasteiger partial charge in [0.15, 0.2) is 0 Å². The Hall–Kier alpha value is -5.14. The van der Waals surface area contributed by atoms with Crippen LogP contribution in [-0.4, -0.2) is 68.4 Å². The van der Waals surface area contributed by atoms with Crippen molar-refractivity contribution < 1.29 is 32.2 Å². The number of hydrogen-bond donors (Lipinski definition) is 1. The van der Waals surface area contributed by atoms with E-state index in [2.05, 4.69) is 32.3 Å². The second kappa shape index (κ2) is 15.2. The number of halogens is 4. The van der Waals surface area contributed by atoms with Crippen molar-refractivity contribution in [3.8, 4) is 17.5 Å². The maximum Gasteiger partial charge on any atom is 0.416 e. The zero-order valence-corrected chi connectivity index (χ0v) is 28.4. The first-order valence-electron chi connectivity index (χ1n) is 15.8. The normalized spacial score (nSPS) is 13.6. The first-order chi connectivity index (χ1) is 23.4. The van der Waals surface area contributed by atoms with Crippen molar-refractivity contribution in [3.05, 3.63) is 108 Å². The highest BCUT2D eigenvalue weighted by Gasteiger charge is 2.30. The van der Waals surface area contributed by atoms with E-state index < -0.39 is 17.6 Å². The van der Waals surface area contributed by atoms with Crippen LogP contribution in [0.15, 0.2) is 85.2 Å². The number of aryl methyl sites for hydroxylation is 1. The molecule has 6 rings (SSSR count). The van der Waals surface area contributed by atoms with E-state index >= 15 is 0 Å². The molecule has 1 fully saturated rings. The van der Waals surface area contributed by atoms with Gasteiger partial charge in [-0.2, -0.15) is 13.2 Å². The Kier molecular flexibility index (Phi) is 11.0. The zero-order chi connectivity index (χ0) is 34.7. The van der Waals surface area contributed by atoms with Gasteiger partial charge in [0.2, 0.25) is 0 Å². The summed E-state index contributed by atoms with van der Waals surface area (Å²) in [6.45, 7) is 7.62. The molecule has 0 spiro atoms. The summed E-state index contributed by atoms with van der Waals surface area (Å²) >= 11 is 0. The maximum atomic E-state index is 13.6. The first-order valence-corrected chi connectivity index (χ1v) is 15.8. The van der Waals surface area contributed by atoms with Crippen LogP contribution < -0.4 is 14.8 Å². The maximum absolute atomic E-state index is 13.6. The van der Waals surface area contributed by atoms with Crippen molar-refractivity contribution in [2.75, 3.05) is 31.5 Å². The molecule has 50 heavy (non-hydrogen) atoms. The predicted molar refractivity (Wildman–Crippen MR) is 185 cm³/mol. The summed E-state index contributed by atoms with van der Waals surface area (Å²) in [6, 6.07) is 19.3. The number of rotatable bonds is 9. The van der Waals surface area contributed by atoms with Crippen molar-refractivity contribution in [3.63, 3.8) is 0 Å². The van der Waals surface area contributed by atoms with Crippen LogP contribution in [0.4, 0.5) is 18.9 Å². The second-order valence-corrected chi connectivity index (χ2v) is 12.1. The molecule has 14 heteroatoms. The second-order valence-electron chi connectivity index (χ2n) is 12.1. The summed E-state index contributed by atoms with van der Waals surface area (Å²) in [5, 5.41) is 3.43. The van der Waals surface area contributed by atoms with Crippen molar-refractivity contribution in [1.82, 2.24) is 24.3 Å². The van der Waals surface area contributed by atoms with Gasteiger partial charge in [-0.1, -0.05) is 12.1 Å². The van der Waals surface area contributed by atoms with E-state index in [0.717, 1.165) is 60.6 Å². The van der Waals surface area contributed by atoms with Gasteiger partial charge in [-0.3, -0.25) is 14.5 Å². The fourth-order valence-corrected chi connectivity index (χ4v) is 5.61. The molecule has 0 unspecified atom stereocenters. The molecule has 1 N–H and O–H groups in total. The van der Waals surface area contributed by atoms with E-state index in [1.54, 1.807) is 12.1 Å². The minimum Gasteiger partial charge on any atom is -0.491 e. The van der Waals surface area contributed by atoms with Gasteiger partial charge in [0.1, 0.15) is 17.2 Å². The summed E-state index contributed by atoms with van der Waals surface area (Å²) in [5.41, 5.74) is 2.03. The van der Waals surface area contributed by atoms with Crippen molar-refractivity contribution in [2.45, 2.75) is 32.7 Å². The monoisotopic (exact) mass is 708 g/mol. The van der Waals surface area contributed by atoms with Crippen LogP contribution in [0.25, 0.3) is 10.9 Å². The number of carbonyl (C=O) groups excluding carboxylic acids is 2. The third-order valence-electron chi connectivity index (χ3n) is 8.17. The molecule has 3 aromatic carbocycles. The first kappa shape index (κ1) is 36.1. The molecule has 2 aromatic heterocycles. The number of hydrogen-bond acceptors (Lipinski definition) is 7. The van der Waals surface area contributed by atoms with E-state index in [1.165, 1.54) is 18.0 Å². The molecule has 1 aliphatic rings. The molecule has 0 bridgehead atoms. The average Bonchev–Trinajstić information content (AvgIpc) is 3.41. The smallest absolute Gasteiger partial charge is 0.416 e. The van der Waals surface area contributed by atoms with Crippen LogP contribution in [0.2, 0.25) is 0 Å². The lowest BCUT2D eigenvalue weighted by Gasteiger charge is -2.34. The number of benzene rings is 3. The number of aromatic nitrogens is 3. The van der Waals surface area contributed by atoms with Crippen LogP contribution in [0.1, 0.15) is 45.8 Å². The third-order valence-corrected chi connectivity index (χ3v) is 8.17. The van der Waals surface area contributed by atoms with Crippen molar-refractivity contribution >= 4 is 40.8 Å². The molecule has 0 radical (unpaired) electrons. The summed E-state index contributed by atoms with van der Waals surface area (Å²) in [7, 11) is 1.84. The van der Waals surface area contributed by atoms with E-state index in [4.69, 9.17) is 9.47 Å². The number of anilines is 1. The summed E-state index contributed by atoms with van der Waals surface area (Å²) in [4.78, 5) is 38.5. The highest BCUT2D eigenvalue weighted by atomic mass is 35.5. The lowest BCUT2D eigenvalue weighted by atomic mass is 10.1. The molecule has 3 heterocycles. The Bertz CT molecular complexity index is 1940. The van der Waals surface area contributed by atoms with E-state index in [9.17, 15) is 22.8 Å². The molecule has 0 atom stereocenters. The van der Waals surface area contributed by atoms with Gasteiger partial charge in [-0.15, -0.1) is 12.4 Å². The van der Waals surface area contributed by atoms with Gasteiger partial charge in [0.25, 0.3) is 11.8 Å². The minimum absolute atomic E-state index is 0. The highest BCUT2D eigenvalue weighted by Crippen LogP contribution is 2.30. The van der Waals surface area contributed by atoms with E-state index in [0.29, 0.717) is 24.5 Å². The van der Waals surface area contributed by atoms with E-state index in [1.807, 2.05) is 54.6 Å². The molecule has 10 nitrogen and oxygen atoms in total. The molecule has 1 saturated heterocycles. The van der Waals surface area contributed by atoms with Crippen LogP contribution in [0, 0.1) is 0 Å². The Morgan fingerprint density at radius 2 is 1.52 bits per heavy atom. The number of nitrogens with one attached hydrogen (secondary N) is 1. The minimum atomic E-state index is -4.49. The van der Waals surface area contributed by atoms with E-state index in [-0.39, 0.29) is 41.7 Å². The Balaban J connectivity index is 0.00000486. The molecule has 2 amide bonds. The lowest BCUT2D eigenvalue weighted by Crippen LogP contribution is -2.48. The summed E-state index contributed by atoms with van der Waals surface area (Å²) < 4.78 is 51.8. The number of fused-ring (bicyclic) bond motifs is 1. The number of alkyl halides is 3. The molecular formula is C36H36ClF3N6O4. The third kappa shape index (κ3) is 8.52. The topological polar surface area (TPSA) is 102 Å². The van der Waals surface area contributed by atoms with Gasteiger partial charge < -0.3 is 24.3 Å². The van der Waals surface area contributed by atoms with Crippen LogP contribution in [0.3, 0.4) is 0 Å². The Morgan fingerprint density at radius 1 is 0.880 bits per heavy atom. The number of nitrogens with zero attached hydrogens (tertiary/aromatic N) is 5. The summed E-state index contributed by atoms with van der Waals surface area (Å²) in [5.74, 6) is 0.669. The van der Waals surface area contributed by atoms with Gasteiger partial charge >= 0.3 is 12.2 Å². The number of ether oxygens (including phenoxy) is 2. The molecule has 1 aliphatic heterocycles. The van der Waals surface area contributed by atoms with Crippen molar-refractivity contribution in [2.24, 2.45) is 7.05 Å². The molecule has 0 saturated carbocycles. The van der Waals surface area contributed by atoms with Crippen LogP contribution in [-0.2, 0) is 19.8 Å². The fraction of sp³-hybridized carbons (Fsp3) is 0.278. The average molecular weight is 709 g/mol. The van der Waals surface area contributed by atoms with Crippen LogP contribution >= 0.6 is 12.4 Å². The number of carbonyl (C=O) groups is 2. The summed E-state index contributed by atoms with van der Waals surface area (Å²) in [6.07, 6.45) is -1.69. The zero-order valence-electron chi connectivity index (χ0n) is 27.6. The van der Waals surface area contributed by atoms with Gasteiger partial charge in [0, 0.05) is 56.8 Å². The van der Waals surface area contributed by atoms with Crippen molar-refractivity contribution in [1.29, 1.82) is 0 Å². The molecule has 5 aromatic rings. The van der Waals surface area contributed by atoms with Crippen LogP contribution in [0.5, 0.6) is 17.5 Å². The fourth-order valence-electron chi connectivity index (χ4n) is 5.61. The Labute approximate surface area is 293 Å². The number of piperazine rings is 1. The van der Waals surface area contributed by atoms with Gasteiger partial charge in [-0.05, 0) is 74.0 Å². The standard InChI is InChI=1S/C36H35F3N6O4.ClH/c1-23(2)48-29-11-4-24(5-12-29)22-44-14-16-45(17-15-44)34(47)32-18-26-8-13-30(19-31(26)43(32)3)49-35-40-20-28(21-41-35)42-33(46)25-6-9-27(10-7-25)36(37,38)39;/h4-13,18-21,23H,14-17,22H2,1-3H3,(H,42,46);1H. The Morgan fingerprint density at radius 3 is 2.14 bits per heavy atom. The highest BCUT2D eigenvalue weighted by molar-refractivity contribution is 6.04. The van der Waals surface area contributed by atoms with Gasteiger partial charge in [0.05, 0.1) is 35.3 Å². The lowest BCUT2D eigenvalue weighted by molar-refractivity contribution is -0.137. The predicted octanol–water partition coefficient (Wildman–Crippen LogP) is 7.20. The molecule has 262 valence electrons. The largest absolute Gasteiger partial charge is 0.491 e. The molecular weight excluding hydrogens is 673 g/mol. The SMILES string of the molecule is CC(C)Oc1ccc(CN2CCN(C(=O)c3cc4ccc(Oc5ncc(NC(=O)c6ccc(C(F)(F)F)cc6)cn5)cc4n3C)CC2)cc1.Cl. The quantitative estimate of drug-likeness (QED) is 0.173. The number of amides is 2. The van der Waals surface area contributed by atoms with Gasteiger partial charge in [-0.25, -0.2) is 9.97 Å².